The summed E-state index contributed by atoms with van der Waals surface area (Å²) >= 11 is 1.73. The van der Waals surface area contributed by atoms with Gasteiger partial charge in [-0.3, -0.25) is 0 Å². The Morgan fingerprint density at radius 1 is 1.67 bits per heavy atom. The van der Waals surface area contributed by atoms with E-state index in [2.05, 4.69) is 16.4 Å². The lowest BCUT2D eigenvalue weighted by atomic mass is 10.0. The third kappa shape index (κ3) is 2.77. The number of hydrogen-bond donors (Lipinski definition) is 1. The lowest BCUT2D eigenvalue weighted by Gasteiger charge is -2.10. The minimum Gasteiger partial charge on any atom is -0.311 e. The van der Waals surface area contributed by atoms with Gasteiger partial charge in [-0.2, -0.15) is 5.26 Å². The summed E-state index contributed by atoms with van der Waals surface area (Å²) in [6.45, 7) is 3.88. The smallest absolute Gasteiger partial charge is 0.0897 e. The van der Waals surface area contributed by atoms with Crippen molar-refractivity contribution in [2.75, 3.05) is 6.54 Å². The predicted molar refractivity (Wildman–Crippen MR) is 60.5 cm³/mol. The lowest BCUT2D eigenvalue weighted by molar-refractivity contribution is 0.468. The second-order valence-electron chi connectivity index (χ2n) is 4.28. The van der Waals surface area contributed by atoms with Crippen LogP contribution in [0.3, 0.4) is 0 Å². The molecule has 0 atom stereocenters. The van der Waals surface area contributed by atoms with Crippen LogP contribution in [0.15, 0.2) is 6.20 Å². The molecule has 1 saturated carbocycles. The second-order valence-corrected chi connectivity index (χ2v) is 5.60. The average Bonchev–Trinajstić information content (AvgIpc) is 2.83. The van der Waals surface area contributed by atoms with Crippen molar-refractivity contribution < 1.29 is 0 Å². The van der Waals surface area contributed by atoms with Crippen molar-refractivity contribution in [1.82, 2.24) is 10.3 Å². The molecule has 0 bridgehead atoms. The standard InChI is InChI=1S/C11H15N3S/c1-9-14-7-10(15-9)6-13-8-11(2-3-11)4-5-12/h7,13H,2-4,6,8H2,1H3. The Morgan fingerprint density at radius 2 is 2.47 bits per heavy atom. The average molecular weight is 221 g/mol. The fourth-order valence-corrected chi connectivity index (χ4v) is 2.46. The summed E-state index contributed by atoms with van der Waals surface area (Å²) in [6, 6.07) is 2.27. The van der Waals surface area contributed by atoms with Gasteiger partial charge in [-0.05, 0) is 25.2 Å². The highest BCUT2D eigenvalue weighted by Gasteiger charge is 2.41. The molecule has 4 heteroatoms. The van der Waals surface area contributed by atoms with E-state index in [1.165, 1.54) is 17.7 Å². The van der Waals surface area contributed by atoms with Gasteiger partial charge in [0, 0.05) is 30.6 Å². The maximum Gasteiger partial charge on any atom is 0.0897 e. The third-order valence-electron chi connectivity index (χ3n) is 2.88. The van der Waals surface area contributed by atoms with Crippen LogP contribution in [-0.2, 0) is 6.54 Å². The molecule has 0 spiro atoms. The van der Waals surface area contributed by atoms with Crippen molar-refractivity contribution >= 4 is 11.3 Å². The summed E-state index contributed by atoms with van der Waals surface area (Å²) in [5, 5.41) is 13.2. The van der Waals surface area contributed by atoms with E-state index < -0.39 is 0 Å². The van der Waals surface area contributed by atoms with Gasteiger partial charge in [0.15, 0.2) is 0 Å². The topological polar surface area (TPSA) is 48.7 Å². The Balaban J connectivity index is 1.74. The van der Waals surface area contributed by atoms with Gasteiger partial charge < -0.3 is 5.32 Å². The molecule has 0 unspecified atom stereocenters. The molecule has 0 amide bonds. The molecular formula is C11H15N3S. The van der Waals surface area contributed by atoms with Crippen molar-refractivity contribution in [3.63, 3.8) is 0 Å². The van der Waals surface area contributed by atoms with Gasteiger partial charge in [0.2, 0.25) is 0 Å². The number of rotatable bonds is 5. The number of hydrogen-bond acceptors (Lipinski definition) is 4. The van der Waals surface area contributed by atoms with E-state index in [0.717, 1.165) is 18.1 Å². The fourth-order valence-electron chi connectivity index (χ4n) is 1.70. The summed E-state index contributed by atoms with van der Waals surface area (Å²) < 4.78 is 0. The number of nitrogens with one attached hydrogen (secondary N) is 1. The molecule has 1 aromatic rings. The highest BCUT2D eigenvalue weighted by molar-refractivity contribution is 7.11. The SMILES string of the molecule is Cc1ncc(CNCC2(CC#N)CC2)s1. The summed E-state index contributed by atoms with van der Waals surface area (Å²) in [7, 11) is 0. The molecule has 1 N–H and O–H groups in total. The van der Waals surface area contributed by atoms with E-state index in [1.807, 2.05) is 13.1 Å². The predicted octanol–water partition coefficient (Wildman–Crippen LogP) is 2.24. The lowest BCUT2D eigenvalue weighted by Crippen LogP contribution is -2.22. The van der Waals surface area contributed by atoms with Gasteiger partial charge in [0.05, 0.1) is 11.1 Å². The summed E-state index contributed by atoms with van der Waals surface area (Å²) in [6.07, 6.45) is 5.03. The monoisotopic (exact) mass is 221 g/mol. The molecule has 0 aromatic carbocycles. The van der Waals surface area contributed by atoms with Crippen LogP contribution in [0, 0.1) is 23.7 Å². The largest absolute Gasteiger partial charge is 0.311 e. The van der Waals surface area contributed by atoms with Gasteiger partial charge in [0.1, 0.15) is 0 Å². The van der Waals surface area contributed by atoms with Crippen molar-refractivity contribution in [2.24, 2.45) is 5.41 Å². The Hall–Kier alpha value is -0.920. The van der Waals surface area contributed by atoms with Gasteiger partial charge in [-0.25, -0.2) is 4.98 Å². The molecule has 80 valence electrons. The fraction of sp³-hybridized carbons (Fsp3) is 0.636. The van der Waals surface area contributed by atoms with Crippen molar-refractivity contribution in [3.8, 4) is 6.07 Å². The molecule has 1 heterocycles. The van der Waals surface area contributed by atoms with Crippen molar-refractivity contribution in [2.45, 2.75) is 32.7 Å². The third-order valence-corrected chi connectivity index (χ3v) is 3.79. The maximum atomic E-state index is 8.68. The van der Waals surface area contributed by atoms with Crippen molar-refractivity contribution in [1.29, 1.82) is 5.26 Å². The molecule has 1 aromatic heterocycles. The maximum absolute atomic E-state index is 8.68. The number of nitriles is 1. The van der Waals surface area contributed by atoms with Crippen LogP contribution < -0.4 is 5.32 Å². The molecule has 0 radical (unpaired) electrons. The Bertz CT molecular complexity index is 373. The molecule has 0 saturated heterocycles. The van der Waals surface area contributed by atoms with E-state index in [0.29, 0.717) is 11.8 Å². The molecule has 1 aliphatic rings. The zero-order valence-electron chi connectivity index (χ0n) is 8.92. The first kappa shape index (κ1) is 10.6. The zero-order chi connectivity index (χ0) is 10.7. The van der Waals surface area contributed by atoms with Crippen LogP contribution in [0.5, 0.6) is 0 Å². The van der Waals surface area contributed by atoms with Crippen LogP contribution in [-0.4, -0.2) is 11.5 Å². The molecule has 1 fully saturated rings. The summed E-state index contributed by atoms with van der Waals surface area (Å²) in [4.78, 5) is 5.49. The van der Waals surface area contributed by atoms with Crippen LogP contribution in [0.1, 0.15) is 29.1 Å². The van der Waals surface area contributed by atoms with Gasteiger partial charge >= 0.3 is 0 Å². The summed E-state index contributed by atoms with van der Waals surface area (Å²) in [5.41, 5.74) is 0.300. The Labute approximate surface area is 94.1 Å². The molecule has 0 aliphatic heterocycles. The Kier molecular flexibility index (Phi) is 3.03. The second kappa shape index (κ2) is 4.30. The van der Waals surface area contributed by atoms with E-state index in [4.69, 9.17) is 5.26 Å². The van der Waals surface area contributed by atoms with E-state index >= 15 is 0 Å². The minimum absolute atomic E-state index is 0.300. The van der Waals surface area contributed by atoms with Crippen LogP contribution in [0.2, 0.25) is 0 Å². The zero-order valence-corrected chi connectivity index (χ0v) is 9.73. The number of aromatic nitrogens is 1. The first-order valence-electron chi connectivity index (χ1n) is 5.23. The van der Waals surface area contributed by atoms with Gasteiger partial charge in [-0.15, -0.1) is 11.3 Å². The van der Waals surface area contributed by atoms with Gasteiger partial charge in [0.25, 0.3) is 0 Å². The van der Waals surface area contributed by atoms with E-state index in [-0.39, 0.29) is 0 Å². The van der Waals surface area contributed by atoms with Crippen LogP contribution in [0.25, 0.3) is 0 Å². The number of aryl methyl sites for hydroxylation is 1. The molecule has 1 aliphatic carbocycles. The minimum atomic E-state index is 0.300. The normalized spacial score (nSPS) is 17.3. The molecular weight excluding hydrogens is 206 g/mol. The van der Waals surface area contributed by atoms with Gasteiger partial charge in [-0.1, -0.05) is 0 Å². The molecule has 15 heavy (non-hydrogen) atoms. The highest BCUT2D eigenvalue weighted by atomic mass is 32.1. The van der Waals surface area contributed by atoms with E-state index in [9.17, 15) is 0 Å². The molecule has 3 nitrogen and oxygen atoms in total. The molecule has 2 rings (SSSR count). The van der Waals surface area contributed by atoms with Crippen molar-refractivity contribution in [3.05, 3.63) is 16.1 Å². The quantitative estimate of drug-likeness (QED) is 0.829. The summed E-state index contributed by atoms with van der Waals surface area (Å²) in [5.74, 6) is 0. The Morgan fingerprint density at radius 3 is 3.00 bits per heavy atom. The van der Waals surface area contributed by atoms with Crippen LogP contribution >= 0.6 is 11.3 Å². The first-order chi connectivity index (χ1) is 7.24. The number of nitrogens with zero attached hydrogens (tertiary/aromatic N) is 2. The van der Waals surface area contributed by atoms with E-state index in [1.54, 1.807) is 11.3 Å². The highest BCUT2D eigenvalue weighted by Crippen LogP contribution is 2.47. The van der Waals surface area contributed by atoms with Crippen LogP contribution in [0.4, 0.5) is 0 Å². The first-order valence-corrected chi connectivity index (χ1v) is 6.05. The number of thiazole rings is 1.